The van der Waals surface area contributed by atoms with Crippen LogP contribution >= 0.6 is 34.8 Å². The van der Waals surface area contributed by atoms with E-state index in [0.717, 1.165) is 17.9 Å². The lowest BCUT2D eigenvalue weighted by Gasteiger charge is -2.06. The second-order valence-corrected chi connectivity index (χ2v) is 5.85. The van der Waals surface area contributed by atoms with Gasteiger partial charge in [-0.25, -0.2) is 4.68 Å². The average Bonchev–Trinajstić information content (AvgIpc) is 3.09. The summed E-state index contributed by atoms with van der Waals surface area (Å²) in [5, 5.41) is 9.33. The first-order valence-corrected chi connectivity index (χ1v) is 7.20. The van der Waals surface area contributed by atoms with Gasteiger partial charge in [-0.1, -0.05) is 34.8 Å². The molecule has 1 N–H and O–H groups in total. The summed E-state index contributed by atoms with van der Waals surface area (Å²) in [7, 11) is 0. The molecule has 1 saturated carbocycles. The first-order chi connectivity index (χ1) is 9.13. The molecule has 0 amide bonds. The highest BCUT2D eigenvalue weighted by atomic mass is 35.5. The third kappa shape index (κ3) is 3.06. The summed E-state index contributed by atoms with van der Waals surface area (Å²) in [5.74, 6) is 0. The molecule has 3 nitrogen and oxygen atoms in total. The lowest BCUT2D eigenvalue weighted by molar-refractivity contribution is 0.665. The number of aromatic nitrogens is 2. The van der Waals surface area contributed by atoms with Crippen molar-refractivity contribution >= 4 is 34.8 Å². The van der Waals surface area contributed by atoms with Gasteiger partial charge in [-0.3, -0.25) is 0 Å². The van der Waals surface area contributed by atoms with Crippen molar-refractivity contribution in [2.75, 3.05) is 0 Å². The van der Waals surface area contributed by atoms with Crippen LogP contribution in [0.2, 0.25) is 15.1 Å². The van der Waals surface area contributed by atoms with Crippen LogP contribution in [-0.2, 0) is 6.54 Å². The summed E-state index contributed by atoms with van der Waals surface area (Å²) in [4.78, 5) is 0. The van der Waals surface area contributed by atoms with E-state index in [1.165, 1.54) is 12.8 Å². The van der Waals surface area contributed by atoms with Gasteiger partial charge in [0.05, 0.1) is 26.4 Å². The number of nitrogens with zero attached hydrogens (tertiary/aromatic N) is 2. The predicted octanol–water partition coefficient (Wildman–Crippen LogP) is 4.08. The summed E-state index contributed by atoms with van der Waals surface area (Å²) in [6, 6.07) is 5.98. The van der Waals surface area contributed by atoms with Crippen molar-refractivity contribution < 1.29 is 0 Å². The maximum atomic E-state index is 6.16. The van der Waals surface area contributed by atoms with Gasteiger partial charge in [-0.15, -0.1) is 0 Å². The van der Waals surface area contributed by atoms with Crippen molar-refractivity contribution in [1.29, 1.82) is 0 Å². The minimum Gasteiger partial charge on any atom is -0.308 e. The van der Waals surface area contributed by atoms with Crippen LogP contribution in [-0.4, -0.2) is 15.8 Å². The van der Waals surface area contributed by atoms with Gasteiger partial charge in [0.1, 0.15) is 0 Å². The fourth-order valence-corrected chi connectivity index (χ4v) is 2.44. The van der Waals surface area contributed by atoms with Gasteiger partial charge in [-0.05, 0) is 31.0 Å². The van der Waals surface area contributed by atoms with E-state index in [1.807, 2.05) is 12.3 Å². The molecule has 0 unspecified atom stereocenters. The van der Waals surface area contributed by atoms with E-state index < -0.39 is 0 Å². The lowest BCUT2D eigenvalue weighted by atomic mass is 10.3. The highest BCUT2D eigenvalue weighted by molar-refractivity contribution is 6.43. The molecular weight excluding hydrogens is 305 g/mol. The van der Waals surface area contributed by atoms with Crippen LogP contribution in [0.3, 0.4) is 0 Å². The van der Waals surface area contributed by atoms with Crippen LogP contribution < -0.4 is 5.32 Å². The molecule has 1 heterocycles. The van der Waals surface area contributed by atoms with E-state index in [4.69, 9.17) is 34.8 Å². The van der Waals surface area contributed by atoms with E-state index in [-0.39, 0.29) is 0 Å². The van der Waals surface area contributed by atoms with Crippen LogP contribution in [0.15, 0.2) is 24.4 Å². The molecule has 100 valence electrons. The van der Waals surface area contributed by atoms with Gasteiger partial charge in [0.15, 0.2) is 0 Å². The number of benzene rings is 1. The Balaban J connectivity index is 1.83. The molecule has 1 aromatic carbocycles. The Morgan fingerprint density at radius 3 is 2.63 bits per heavy atom. The molecule has 0 aliphatic heterocycles. The maximum absolute atomic E-state index is 6.16. The number of halogens is 3. The number of hydrogen-bond donors (Lipinski definition) is 1. The minimum absolute atomic E-state index is 0.443. The Hall–Kier alpha value is -0.740. The van der Waals surface area contributed by atoms with Crippen LogP contribution in [0.4, 0.5) is 0 Å². The van der Waals surface area contributed by atoms with Gasteiger partial charge < -0.3 is 5.32 Å². The van der Waals surface area contributed by atoms with Crippen LogP contribution in [0.5, 0.6) is 0 Å². The van der Waals surface area contributed by atoms with Crippen molar-refractivity contribution in [3.63, 3.8) is 0 Å². The SMILES string of the molecule is Clc1cc(Cl)c(-n2ccc(CNC3CC3)n2)cc1Cl. The summed E-state index contributed by atoms with van der Waals surface area (Å²) in [6.45, 7) is 0.774. The van der Waals surface area contributed by atoms with E-state index in [2.05, 4.69) is 10.4 Å². The predicted molar refractivity (Wildman–Crippen MR) is 78.5 cm³/mol. The highest BCUT2D eigenvalue weighted by Crippen LogP contribution is 2.31. The molecular formula is C13H12Cl3N3. The molecule has 1 aromatic heterocycles. The van der Waals surface area contributed by atoms with Crippen molar-refractivity contribution in [3.05, 3.63) is 45.2 Å². The van der Waals surface area contributed by atoms with Crippen molar-refractivity contribution in [2.45, 2.75) is 25.4 Å². The molecule has 6 heteroatoms. The Labute approximate surface area is 126 Å². The molecule has 1 fully saturated rings. The molecule has 1 aliphatic rings. The quantitative estimate of drug-likeness (QED) is 0.861. The van der Waals surface area contributed by atoms with Crippen molar-refractivity contribution in [1.82, 2.24) is 15.1 Å². The van der Waals surface area contributed by atoms with Gasteiger partial charge in [0.2, 0.25) is 0 Å². The number of nitrogens with one attached hydrogen (secondary N) is 1. The number of hydrogen-bond acceptors (Lipinski definition) is 2. The fraction of sp³-hybridized carbons (Fsp3) is 0.308. The highest BCUT2D eigenvalue weighted by Gasteiger charge is 2.20. The Bertz CT molecular complexity index is 605. The first kappa shape index (κ1) is 13.3. The van der Waals surface area contributed by atoms with Gasteiger partial charge in [0, 0.05) is 18.8 Å². The minimum atomic E-state index is 0.443. The molecule has 0 atom stereocenters. The molecule has 2 aromatic rings. The average molecular weight is 317 g/mol. The molecule has 19 heavy (non-hydrogen) atoms. The normalized spacial score (nSPS) is 14.9. The summed E-state index contributed by atoms with van der Waals surface area (Å²) in [5.41, 5.74) is 1.71. The number of rotatable bonds is 4. The molecule has 0 spiro atoms. The second kappa shape index (κ2) is 5.33. The van der Waals surface area contributed by atoms with Crippen molar-refractivity contribution in [3.8, 4) is 5.69 Å². The summed E-state index contributed by atoms with van der Waals surface area (Å²) >= 11 is 18.1. The van der Waals surface area contributed by atoms with Crippen molar-refractivity contribution in [2.24, 2.45) is 0 Å². The monoisotopic (exact) mass is 315 g/mol. The molecule has 0 bridgehead atoms. The second-order valence-electron chi connectivity index (χ2n) is 4.62. The maximum Gasteiger partial charge on any atom is 0.0847 e. The zero-order chi connectivity index (χ0) is 13.4. The Kier molecular flexibility index (Phi) is 3.72. The first-order valence-electron chi connectivity index (χ1n) is 6.06. The lowest BCUT2D eigenvalue weighted by Crippen LogP contribution is -2.15. The van der Waals surface area contributed by atoms with E-state index in [9.17, 15) is 0 Å². The zero-order valence-corrected chi connectivity index (χ0v) is 12.3. The molecule has 3 rings (SSSR count). The largest absolute Gasteiger partial charge is 0.308 e. The van der Waals surface area contributed by atoms with Gasteiger partial charge in [-0.2, -0.15) is 5.10 Å². The standard InChI is InChI=1S/C13H12Cl3N3/c14-10-5-12(16)13(6-11(10)15)19-4-3-9(18-19)7-17-8-1-2-8/h3-6,8,17H,1-2,7H2. The van der Waals surface area contributed by atoms with E-state index >= 15 is 0 Å². The summed E-state index contributed by atoms with van der Waals surface area (Å²) < 4.78 is 1.72. The Morgan fingerprint density at radius 1 is 1.16 bits per heavy atom. The van der Waals surface area contributed by atoms with Crippen LogP contribution in [0, 0.1) is 0 Å². The summed E-state index contributed by atoms with van der Waals surface area (Å²) in [6.07, 6.45) is 4.40. The third-order valence-corrected chi connectivity index (χ3v) is 4.05. The zero-order valence-electron chi connectivity index (χ0n) is 10.0. The molecule has 0 radical (unpaired) electrons. The van der Waals surface area contributed by atoms with Crippen LogP contribution in [0.1, 0.15) is 18.5 Å². The fourth-order valence-electron chi connectivity index (χ4n) is 1.81. The van der Waals surface area contributed by atoms with E-state index in [0.29, 0.717) is 21.1 Å². The Morgan fingerprint density at radius 2 is 1.89 bits per heavy atom. The molecule has 1 aliphatic carbocycles. The van der Waals surface area contributed by atoms with E-state index in [1.54, 1.807) is 16.8 Å². The van der Waals surface area contributed by atoms with Gasteiger partial charge in [0.25, 0.3) is 0 Å². The smallest absolute Gasteiger partial charge is 0.0847 e. The third-order valence-electron chi connectivity index (χ3n) is 3.03. The molecule has 0 saturated heterocycles. The van der Waals surface area contributed by atoms with Crippen LogP contribution in [0.25, 0.3) is 5.69 Å². The van der Waals surface area contributed by atoms with Gasteiger partial charge >= 0.3 is 0 Å². The topological polar surface area (TPSA) is 29.9 Å².